The molecule has 6 nitrogen and oxygen atoms in total. The van der Waals surface area contributed by atoms with E-state index in [9.17, 15) is 13.2 Å². The van der Waals surface area contributed by atoms with Crippen LogP contribution >= 0.6 is 0 Å². The average molecular weight is 431 g/mol. The lowest BCUT2D eigenvalue weighted by molar-refractivity contribution is -0.120. The number of benzene rings is 2. The van der Waals surface area contributed by atoms with Crippen LogP contribution in [0.5, 0.6) is 5.75 Å². The van der Waals surface area contributed by atoms with E-state index in [0.29, 0.717) is 31.1 Å². The molecule has 30 heavy (non-hydrogen) atoms. The van der Waals surface area contributed by atoms with E-state index >= 15 is 0 Å². The number of carbonyl (C=O) groups excluding carboxylic acids is 1. The van der Waals surface area contributed by atoms with Crippen molar-refractivity contribution in [3.05, 3.63) is 54.1 Å². The molecule has 1 saturated heterocycles. The first kappa shape index (κ1) is 22.3. The van der Waals surface area contributed by atoms with Crippen LogP contribution in [0.3, 0.4) is 0 Å². The molecule has 2 aromatic rings. The summed E-state index contributed by atoms with van der Waals surface area (Å²) in [6, 6.07) is 14.2. The number of piperidine rings is 1. The first-order valence-corrected chi connectivity index (χ1v) is 11.8. The van der Waals surface area contributed by atoms with Gasteiger partial charge < -0.3 is 10.1 Å². The van der Waals surface area contributed by atoms with Gasteiger partial charge in [0.1, 0.15) is 5.75 Å². The van der Waals surface area contributed by atoms with Crippen LogP contribution in [0.1, 0.15) is 44.6 Å². The van der Waals surface area contributed by atoms with Gasteiger partial charge in [-0.3, -0.25) is 4.79 Å². The highest BCUT2D eigenvalue weighted by Crippen LogP contribution is 2.26. The molecule has 0 aromatic heterocycles. The zero-order chi connectivity index (χ0) is 21.7. The molecule has 3 rings (SSSR count). The number of nitrogens with one attached hydrogen (secondary N) is 1. The van der Waals surface area contributed by atoms with Gasteiger partial charge in [-0.15, -0.1) is 0 Å². The van der Waals surface area contributed by atoms with Crippen molar-refractivity contribution in [1.82, 2.24) is 4.31 Å². The summed E-state index contributed by atoms with van der Waals surface area (Å²) in [5, 5.41) is 2.95. The molecule has 0 spiro atoms. The molecular formula is C23H30N2O4S. The topological polar surface area (TPSA) is 75.7 Å². The molecule has 162 valence electrons. The summed E-state index contributed by atoms with van der Waals surface area (Å²) in [7, 11) is -2.11. The molecule has 1 fully saturated rings. The Kier molecular flexibility index (Phi) is 7.15. The van der Waals surface area contributed by atoms with Crippen LogP contribution in [0, 0.1) is 5.92 Å². The molecule has 1 amide bonds. The third kappa shape index (κ3) is 5.02. The fourth-order valence-electron chi connectivity index (χ4n) is 3.65. The Morgan fingerprint density at radius 1 is 1.17 bits per heavy atom. The summed E-state index contributed by atoms with van der Waals surface area (Å²) < 4.78 is 32.5. The van der Waals surface area contributed by atoms with E-state index in [0.717, 1.165) is 12.1 Å². The minimum absolute atomic E-state index is 0.138. The van der Waals surface area contributed by atoms with Gasteiger partial charge in [0, 0.05) is 18.8 Å². The van der Waals surface area contributed by atoms with Gasteiger partial charge in [0.15, 0.2) is 0 Å². The van der Waals surface area contributed by atoms with Gasteiger partial charge in [-0.2, -0.15) is 4.31 Å². The summed E-state index contributed by atoms with van der Waals surface area (Å²) >= 11 is 0. The SMILES string of the molecule is CC[C@@H](C)c1ccc(NC(=O)[C@@H]2CCCN(S(=O)(=O)c3ccc(OC)cc3)C2)cc1. The number of anilines is 1. The number of amides is 1. The van der Waals surface area contributed by atoms with Crippen molar-refractivity contribution in [3.63, 3.8) is 0 Å². The number of hydrogen-bond acceptors (Lipinski definition) is 4. The van der Waals surface area contributed by atoms with E-state index in [4.69, 9.17) is 4.74 Å². The predicted octanol–water partition coefficient (Wildman–Crippen LogP) is 4.25. The summed E-state index contributed by atoms with van der Waals surface area (Å²) in [4.78, 5) is 13.0. The Labute approximate surface area is 179 Å². The Hall–Kier alpha value is -2.38. The minimum Gasteiger partial charge on any atom is -0.497 e. The molecular weight excluding hydrogens is 400 g/mol. The molecule has 7 heteroatoms. The summed E-state index contributed by atoms with van der Waals surface area (Å²) in [5.74, 6) is 0.566. The molecule has 0 unspecified atom stereocenters. The molecule has 1 aliphatic heterocycles. The van der Waals surface area contributed by atoms with Crippen LogP contribution in [0.15, 0.2) is 53.4 Å². The van der Waals surface area contributed by atoms with E-state index in [1.54, 1.807) is 12.1 Å². The van der Waals surface area contributed by atoms with Gasteiger partial charge in [0.25, 0.3) is 0 Å². The fraction of sp³-hybridized carbons (Fsp3) is 0.435. The van der Waals surface area contributed by atoms with E-state index in [-0.39, 0.29) is 23.3 Å². The fourth-order valence-corrected chi connectivity index (χ4v) is 5.17. The van der Waals surface area contributed by atoms with Gasteiger partial charge in [-0.25, -0.2) is 8.42 Å². The average Bonchev–Trinajstić information content (AvgIpc) is 2.79. The lowest BCUT2D eigenvalue weighted by Gasteiger charge is -2.31. The molecule has 2 aromatic carbocycles. The highest BCUT2D eigenvalue weighted by molar-refractivity contribution is 7.89. The molecule has 1 heterocycles. The maximum Gasteiger partial charge on any atom is 0.243 e. The number of methoxy groups -OCH3 is 1. The number of rotatable bonds is 7. The second-order valence-corrected chi connectivity index (χ2v) is 9.74. The molecule has 0 aliphatic carbocycles. The van der Waals surface area contributed by atoms with E-state index in [1.807, 2.05) is 24.3 Å². The lowest BCUT2D eigenvalue weighted by Crippen LogP contribution is -2.43. The van der Waals surface area contributed by atoms with Crippen molar-refractivity contribution in [1.29, 1.82) is 0 Å². The first-order chi connectivity index (χ1) is 14.3. The predicted molar refractivity (Wildman–Crippen MR) is 118 cm³/mol. The molecule has 0 saturated carbocycles. The van der Waals surface area contributed by atoms with Crippen molar-refractivity contribution in [2.75, 3.05) is 25.5 Å². The summed E-state index contributed by atoms with van der Waals surface area (Å²) in [6.07, 6.45) is 2.39. The van der Waals surface area contributed by atoms with Crippen molar-refractivity contribution in [2.45, 2.75) is 43.9 Å². The van der Waals surface area contributed by atoms with Gasteiger partial charge in [0.05, 0.1) is 17.9 Å². The molecule has 0 bridgehead atoms. The van der Waals surface area contributed by atoms with E-state index < -0.39 is 10.0 Å². The van der Waals surface area contributed by atoms with Crippen molar-refractivity contribution >= 4 is 21.6 Å². The second kappa shape index (κ2) is 9.62. The maximum atomic E-state index is 13.0. The Balaban J connectivity index is 1.66. The second-order valence-electron chi connectivity index (χ2n) is 7.80. The zero-order valence-corrected chi connectivity index (χ0v) is 18.6. The Morgan fingerprint density at radius 2 is 1.83 bits per heavy atom. The number of ether oxygens (including phenoxy) is 1. The van der Waals surface area contributed by atoms with Gasteiger partial charge in [-0.05, 0) is 67.1 Å². The monoisotopic (exact) mass is 430 g/mol. The molecule has 1 aliphatic rings. The van der Waals surface area contributed by atoms with Gasteiger partial charge >= 0.3 is 0 Å². The standard InChI is InChI=1S/C23H30N2O4S/c1-4-17(2)18-7-9-20(10-8-18)24-23(26)19-6-5-15-25(16-19)30(27,28)22-13-11-21(29-3)12-14-22/h7-14,17,19H,4-6,15-16H2,1-3H3,(H,24,26)/t17-,19-/m1/s1. The maximum absolute atomic E-state index is 13.0. The highest BCUT2D eigenvalue weighted by atomic mass is 32.2. The number of carbonyl (C=O) groups is 1. The number of nitrogens with zero attached hydrogens (tertiary/aromatic N) is 1. The molecule has 2 atom stereocenters. The normalized spacial score (nSPS) is 18.6. The van der Waals surface area contributed by atoms with Crippen LogP contribution in [0.4, 0.5) is 5.69 Å². The summed E-state index contributed by atoms with van der Waals surface area (Å²) in [5.41, 5.74) is 1.98. The Morgan fingerprint density at radius 3 is 2.43 bits per heavy atom. The van der Waals surface area contributed by atoms with E-state index in [1.165, 1.54) is 29.1 Å². The van der Waals surface area contributed by atoms with Crippen LogP contribution in [0.2, 0.25) is 0 Å². The van der Waals surface area contributed by atoms with Crippen LogP contribution in [0.25, 0.3) is 0 Å². The largest absolute Gasteiger partial charge is 0.497 e. The van der Waals surface area contributed by atoms with Gasteiger partial charge in [-0.1, -0.05) is 26.0 Å². The Bertz CT molecular complexity index is 956. The summed E-state index contributed by atoms with van der Waals surface area (Å²) in [6.45, 7) is 4.93. The number of hydrogen-bond donors (Lipinski definition) is 1. The minimum atomic E-state index is -3.65. The molecule has 0 radical (unpaired) electrons. The first-order valence-electron chi connectivity index (χ1n) is 10.4. The van der Waals surface area contributed by atoms with Crippen molar-refractivity contribution < 1.29 is 17.9 Å². The third-order valence-electron chi connectivity index (χ3n) is 5.81. The highest BCUT2D eigenvalue weighted by Gasteiger charge is 2.33. The third-order valence-corrected chi connectivity index (χ3v) is 7.69. The van der Waals surface area contributed by atoms with Crippen molar-refractivity contribution in [2.24, 2.45) is 5.92 Å². The number of sulfonamides is 1. The smallest absolute Gasteiger partial charge is 0.243 e. The van der Waals surface area contributed by atoms with E-state index in [2.05, 4.69) is 19.2 Å². The van der Waals surface area contributed by atoms with Gasteiger partial charge in [0.2, 0.25) is 15.9 Å². The van der Waals surface area contributed by atoms with Crippen LogP contribution in [-0.4, -0.2) is 38.8 Å². The van der Waals surface area contributed by atoms with Crippen LogP contribution < -0.4 is 10.1 Å². The molecule has 1 N–H and O–H groups in total. The quantitative estimate of drug-likeness (QED) is 0.713. The zero-order valence-electron chi connectivity index (χ0n) is 17.8. The lowest BCUT2D eigenvalue weighted by atomic mass is 9.97. The van der Waals surface area contributed by atoms with Crippen molar-refractivity contribution in [3.8, 4) is 5.75 Å². The van der Waals surface area contributed by atoms with Crippen LogP contribution in [-0.2, 0) is 14.8 Å².